The van der Waals surface area contributed by atoms with Gasteiger partial charge in [-0.2, -0.15) is 0 Å². The molecule has 0 aliphatic carbocycles. The van der Waals surface area contributed by atoms with Crippen LogP contribution in [0.4, 0.5) is 0 Å². The molecule has 76 valence electrons. The molecule has 14 heavy (non-hydrogen) atoms. The third-order valence-corrected chi connectivity index (χ3v) is 2.99. The molecular formula is C11H14BrNO. The largest absolute Gasteiger partial charge is 0.357 e. The highest BCUT2D eigenvalue weighted by Gasteiger charge is 2.23. The number of halogens is 1. The van der Waals surface area contributed by atoms with Gasteiger partial charge in [-0.1, -0.05) is 35.0 Å². The fraction of sp³-hybridized carbons (Fsp3) is 0.455. The molecule has 1 heterocycles. The maximum Gasteiger partial charge on any atom is 0.134 e. The minimum absolute atomic E-state index is 0.0671. The molecule has 1 aliphatic heterocycles. The third-order valence-electron chi connectivity index (χ3n) is 2.50. The molecule has 1 fully saturated rings. The van der Waals surface area contributed by atoms with Crippen LogP contribution in [0.5, 0.6) is 0 Å². The van der Waals surface area contributed by atoms with Gasteiger partial charge in [0.25, 0.3) is 0 Å². The lowest BCUT2D eigenvalue weighted by Crippen LogP contribution is -2.24. The van der Waals surface area contributed by atoms with Crippen molar-refractivity contribution in [3.8, 4) is 0 Å². The first-order chi connectivity index (χ1) is 6.79. The van der Waals surface area contributed by atoms with Gasteiger partial charge in [-0.3, -0.25) is 5.32 Å². The lowest BCUT2D eigenvalue weighted by molar-refractivity contribution is 0.101. The Morgan fingerprint density at radius 1 is 1.57 bits per heavy atom. The predicted octanol–water partition coefficient (Wildman–Crippen LogP) is 2.85. The van der Waals surface area contributed by atoms with Crippen molar-refractivity contribution in [3.63, 3.8) is 0 Å². The molecule has 1 saturated heterocycles. The molecule has 3 heteroatoms. The molecule has 2 rings (SSSR count). The van der Waals surface area contributed by atoms with Crippen molar-refractivity contribution in [1.29, 1.82) is 0 Å². The van der Waals surface area contributed by atoms with E-state index < -0.39 is 0 Å². The molecule has 0 aromatic heterocycles. The van der Waals surface area contributed by atoms with Gasteiger partial charge >= 0.3 is 0 Å². The van der Waals surface area contributed by atoms with Gasteiger partial charge < -0.3 is 4.74 Å². The number of hydrogen-bond acceptors (Lipinski definition) is 2. The van der Waals surface area contributed by atoms with Gasteiger partial charge in [-0.25, -0.2) is 0 Å². The molecule has 2 nitrogen and oxygen atoms in total. The Bertz CT molecular complexity index is 316. The smallest absolute Gasteiger partial charge is 0.134 e. The summed E-state index contributed by atoms with van der Waals surface area (Å²) in [7, 11) is 0. The summed E-state index contributed by atoms with van der Waals surface area (Å²) in [5, 5.41) is 3.44. The lowest BCUT2D eigenvalue weighted by Gasteiger charge is -2.11. The summed E-state index contributed by atoms with van der Waals surface area (Å²) in [6, 6.07) is 8.73. The van der Waals surface area contributed by atoms with Gasteiger partial charge in [0.05, 0.1) is 6.61 Å². The summed E-state index contributed by atoms with van der Waals surface area (Å²) in [6.07, 6.45) is 1.18. The first-order valence-corrected chi connectivity index (χ1v) is 5.72. The highest BCUT2D eigenvalue weighted by Crippen LogP contribution is 2.23. The predicted molar refractivity (Wildman–Crippen MR) is 60.0 cm³/mol. The van der Waals surface area contributed by atoms with Crippen molar-refractivity contribution in [2.45, 2.75) is 25.6 Å². The molecule has 1 N–H and O–H groups in total. The van der Waals surface area contributed by atoms with Gasteiger partial charge in [0.1, 0.15) is 6.23 Å². The van der Waals surface area contributed by atoms with E-state index in [0.717, 1.165) is 17.5 Å². The topological polar surface area (TPSA) is 21.3 Å². The molecule has 1 aliphatic rings. The van der Waals surface area contributed by atoms with Crippen LogP contribution in [0.2, 0.25) is 0 Å². The van der Waals surface area contributed by atoms with Crippen molar-refractivity contribution >= 4 is 15.9 Å². The first kappa shape index (κ1) is 10.1. The van der Waals surface area contributed by atoms with Crippen molar-refractivity contribution in [1.82, 2.24) is 5.32 Å². The molecule has 0 saturated carbocycles. The van der Waals surface area contributed by atoms with Gasteiger partial charge in [0, 0.05) is 10.5 Å². The molecule has 0 bridgehead atoms. The number of ether oxygens (including phenoxy) is 1. The quantitative estimate of drug-likeness (QED) is 0.878. The fourth-order valence-corrected chi connectivity index (χ4v) is 2.04. The van der Waals surface area contributed by atoms with Crippen molar-refractivity contribution in [2.75, 3.05) is 6.61 Å². The molecular weight excluding hydrogens is 242 g/mol. The summed E-state index contributed by atoms with van der Waals surface area (Å²) < 4.78 is 6.76. The Kier molecular flexibility index (Phi) is 3.21. The minimum Gasteiger partial charge on any atom is -0.357 e. The Balaban J connectivity index is 2.09. The van der Waals surface area contributed by atoms with E-state index in [1.165, 1.54) is 5.56 Å². The van der Waals surface area contributed by atoms with Crippen LogP contribution in [-0.4, -0.2) is 12.6 Å². The molecule has 2 atom stereocenters. The Hall–Kier alpha value is -0.380. The van der Waals surface area contributed by atoms with E-state index in [2.05, 4.69) is 40.3 Å². The Labute approximate surface area is 92.8 Å². The van der Waals surface area contributed by atoms with E-state index >= 15 is 0 Å². The minimum atomic E-state index is 0.0671. The number of hydrogen-bond donors (Lipinski definition) is 1. The first-order valence-electron chi connectivity index (χ1n) is 4.92. The highest BCUT2D eigenvalue weighted by molar-refractivity contribution is 9.10. The highest BCUT2D eigenvalue weighted by atomic mass is 79.9. The number of rotatable bonds is 2. The number of benzene rings is 1. The summed E-state index contributed by atoms with van der Waals surface area (Å²) in [5.74, 6) is 0. The summed E-state index contributed by atoms with van der Waals surface area (Å²) in [6.45, 7) is 2.98. The third kappa shape index (κ3) is 2.16. The Morgan fingerprint density at radius 3 is 3.07 bits per heavy atom. The van der Waals surface area contributed by atoms with Crippen LogP contribution < -0.4 is 5.32 Å². The van der Waals surface area contributed by atoms with Gasteiger partial charge in [0.15, 0.2) is 0 Å². The monoisotopic (exact) mass is 255 g/mol. The van der Waals surface area contributed by atoms with Gasteiger partial charge in [-0.15, -0.1) is 0 Å². The second-order valence-electron chi connectivity index (χ2n) is 3.54. The maximum absolute atomic E-state index is 5.67. The fourth-order valence-electron chi connectivity index (χ4n) is 1.62. The van der Waals surface area contributed by atoms with Crippen LogP contribution in [-0.2, 0) is 4.74 Å². The van der Waals surface area contributed by atoms with Gasteiger partial charge in [-0.05, 0) is 24.1 Å². The van der Waals surface area contributed by atoms with Crippen LogP contribution in [0.25, 0.3) is 0 Å². The zero-order chi connectivity index (χ0) is 9.97. The summed E-state index contributed by atoms with van der Waals surface area (Å²) in [4.78, 5) is 0. The van der Waals surface area contributed by atoms with E-state index in [0.29, 0.717) is 6.04 Å². The molecule has 1 aromatic carbocycles. The van der Waals surface area contributed by atoms with E-state index in [9.17, 15) is 0 Å². The normalized spacial score (nSPS) is 26.7. The van der Waals surface area contributed by atoms with Crippen molar-refractivity contribution in [3.05, 3.63) is 34.3 Å². The molecule has 1 unspecified atom stereocenters. The maximum atomic E-state index is 5.67. The summed E-state index contributed by atoms with van der Waals surface area (Å²) in [5.41, 5.74) is 1.19. The molecule has 0 amide bonds. The van der Waals surface area contributed by atoms with E-state index in [1.807, 2.05) is 12.1 Å². The second kappa shape index (κ2) is 4.43. The SMILES string of the molecule is CC[C@H]1COC(c2cccc(Br)c2)N1. The van der Waals surface area contributed by atoms with Crippen LogP contribution in [0.3, 0.4) is 0 Å². The molecule has 0 spiro atoms. The zero-order valence-corrected chi connectivity index (χ0v) is 9.75. The molecule has 1 aromatic rings. The zero-order valence-electron chi connectivity index (χ0n) is 8.16. The standard InChI is InChI=1S/C11H14BrNO/c1-2-10-7-14-11(13-10)8-4-3-5-9(12)6-8/h3-6,10-11,13H,2,7H2,1H3/t10-,11?/m0/s1. The van der Waals surface area contributed by atoms with E-state index in [-0.39, 0.29) is 6.23 Å². The Morgan fingerprint density at radius 2 is 2.43 bits per heavy atom. The van der Waals surface area contributed by atoms with Crippen molar-refractivity contribution in [2.24, 2.45) is 0 Å². The molecule has 0 radical (unpaired) electrons. The van der Waals surface area contributed by atoms with Crippen LogP contribution in [0.1, 0.15) is 25.1 Å². The van der Waals surface area contributed by atoms with Crippen LogP contribution in [0, 0.1) is 0 Å². The van der Waals surface area contributed by atoms with E-state index in [1.54, 1.807) is 0 Å². The van der Waals surface area contributed by atoms with Crippen LogP contribution >= 0.6 is 15.9 Å². The van der Waals surface area contributed by atoms with Crippen molar-refractivity contribution < 1.29 is 4.74 Å². The average Bonchev–Trinajstić information content (AvgIpc) is 2.66. The van der Waals surface area contributed by atoms with E-state index in [4.69, 9.17) is 4.74 Å². The lowest BCUT2D eigenvalue weighted by atomic mass is 10.2. The van der Waals surface area contributed by atoms with Crippen LogP contribution in [0.15, 0.2) is 28.7 Å². The number of nitrogens with one attached hydrogen (secondary N) is 1. The second-order valence-corrected chi connectivity index (χ2v) is 4.46. The van der Waals surface area contributed by atoms with Gasteiger partial charge in [0.2, 0.25) is 0 Å². The average molecular weight is 256 g/mol. The summed E-state index contributed by atoms with van der Waals surface area (Å²) >= 11 is 3.46.